The fraction of sp³-hybridized carbons (Fsp3) is 0.158. The van der Waals surface area contributed by atoms with Crippen molar-refractivity contribution in [2.24, 2.45) is 0 Å². The quantitative estimate of drug-likeness (QED) is 0.785. The van der Waals surface area contributed by atoms with Crippen molar-refractivity contribution in [1.29, 1.82) is 0 Å². The molecule has 1 heterocycles. The SMILES string of the molecule is CCc1ccc(-n2nnc(CO)c2/C=C/c2ccccc2)cc1. The number of aryl methyl sites for hydroxylation is 1. The zero-order valence-electron chi connectivity index (χ0n) is 13.1. The van der Waals surface area contributed by atoms with E-state index in [4.69, 9.17) is 0 Å². The van der Waals surface area contributed by atoms with E-state index in [1.54, 1.807) is 4.68 Å². The minimum atomic E-state index is -0.137. The van der Waals surface area contributed by atoms with Gasteiger partial charge in [0.1, 0.15) is 5.69 Å². The minimum Gasteiger partial charge on any atom is -0.390 e. The second kappa shape index (κ2) is 7.03. The average Bonchev–Trinajstić information content (AvgIpc) is 3.04. The Hall–Kier alpha value is -2.72. The predicted octanol–water partition coefficient (Wildman–Crippen LogP) is 3.49. The number of aromatic nitrogens is 3. The van der Waals surface area contributed by atoms with Gasteiger partial charge in [-0.1, -0.05) is 60.7 Å². The molecule has 1 aromatic heterocycles. The summed E-state index contributed by atoms with van der Waals surface area (Å²) in [6.45, 7) is 1.99. The molecule has 0 radical (unpaired) electrons. The molecule has 116 valence electrons. The number of rotatable bonds is 5. The average molecular weight is 305 g/mol. The first kappa shape index (κ1) is 15.2. The van der Waals surface area contributed by atoms with Gasteiger partial charge in [-0.25, -0.2) is 4.68 Å². The third-order valence-electron chi connectivity index (χ3n) is 3.75. The monoisotopic (exact) mass is 305 g/mol. The van der Waals surface area contributed by atoms with E-state index in [-0.39, 0.29) is 6.61 Å². The van der Waals surface area contributed by atoms with Gasteiger partial charge in [0.25, 0.3) is 0 Å². The second-order valence-corrected chi connectivity index (χ2v) is 5.26. The van der Waals surface area contributed by atoms with E-state index >= 15 is 0 Å². The summed E-state index contributed by atoms with van der Waals surface area (Å²) in [5, 5.41) is 17.8. The van der Waals surface area contributed by atoms with Crippen LogP contribution in [0.25, 0.3) is 17.8 Å². The van der Waals surface area contributed by atoms with E-state index in [0.29, 0.717) is 5.69 Å². The molecule has 3 aromatic rings. The zero-order valence-corrected chi connectivity index (χ0v) is 13.1. The summed E-state index contributed by atoms with van der Waals surface area (Å²) in [7, 11) is 0. The summed E-state index contributed by atoms with van der Waals surface area (Å²) in [4.78, 5) is 0. The lowest BCUT2D eigenvalue weighted by atomic mass is 10.1. The van der Waals surface area contributed by atoms with Crippen LogP contribution < -0.4 is 0 Å². The number of nitrogens with zero attached hydrogens (tertiary/aromatic N) is 3. The van der Waals surface area contributed by atoms with Crippen LogP contribution in [-0.2, 0) is 13.0 Å². The minimum absolute atomic E-state index is 0.137. The van der Waals surface area contributed by atoms with E-state index in [0.717, 1.165) is 23.4 Å². The van der Waals surface area contributed by atoms with Crippen molar-refractivity contribution in [3.63, 3.8) is 0 Å². The molecule has 0 atom stereocenters. The molecule has 4 heteroatoms. The first-order valence-electron chi connectivity index (χ1n) is 7.69. The standard InChI is InChI=1S/C19H19N3O/c1-2-15-8-11-17(12-9-15)22-19(18(14-23)20-21-22)13-10-16-6-4-3-5-7-16/h3-13,23H,2,14H2,1H3/b13-10+. The summed E-state index contributed by atoms with van der Waals surface area (Å²) < 4.78 is 1.75. The van der Waals surface area contributed by atoms with Crippen LogP contribution in [0.1, 0.15) is 29.4 Å². The largest absolute Gasteiger partial charge is 0.390 e. The Labute approximate surface area is 135 Å². The third kappa shape index (κ3) is 3.38. The Morgan fingerprint density at radius 1 is 1.00 bits per heavy atom. The summed E-state index contributed by atoms with van der Waals surface area (Å²) >= 11 is 0. The summed E-state index contributed by atoms with van der Waals surface area (Å²) in [6.07, 6.45) is 4.93. The smallest absolute Gasteiger partial charge is 0.116 e. The predicted molar refractivity (Wildman–Crippen MR) is 92.0 cm³/mol. The van der Waals surface area contributed by atoms with Crippen molar-refractivity contribution >= 4 is 12.2 Å². The lowest BCUT2D eigenvalue weighted by molar-refractivity contribution is 0.276. The molecular weight excluding hydrogens is 286 g/mol. The molecule has 0 unspecified atom stereocenters. The fourth-order valence-corrected chi connectivity index (χ4v) is 2.40. The molecule has 0 aliphatic carbocycles. The van der Waals surface area contributed by atoms with Crippen molar-refractivity contribution in [3.8, 4) is 5.69 Å². The number of benzene rings is 2. The lowest BCUT2D eigenvalue weighted by Gasteiger charge is -2.05. The number of hydrogen-bond acceptors (Lipinski definition) is 3. The fourth-order valence-electron chi connectivity index (χ4n) is 2.40. The summed E-state index contributed by atoms with van der Waals surface area (Å²) in [6, 6.07) is 18.2. The highest BCUT2D eigenvalue weighted by atomic mass is 16.3. The molecule has 4 nitrogen and oxygen atoms in total. The number of aliphatic hydroxyl groups excluding tert-OH is 1. The van der Waals surface area contributed by atoms with Crippen LogP contribution in [0.3, 0.4) is 0 Å². The van der Waals surface area contributed by atoms with Gasteiger partial charge in [0.05, 0.1) is 18.0 Å². The van der Waals surface area contributed by atoms with Gasteiger partial charge in [-0.2, -0.15) is 0 Å². The van der Waals surface area contributed by atoms with Gasteiger partial charge in [0, 0.05) is 0 Å². The molecule has 0 aliphatic rings. The first-order valence-corrected chi connectivity index (χ1v) is 7.69. The third-order valence-corrected chi connectivity index (χ3v) is 3.75. The van der Waals surface area contributed by atoms with Gasteiger partial charge >= 0.3 is 0 Å². The van der Waals surface area contributed by atoms with E-state index in [2.05, 4.69) is 29.4 Å². The van der Waals surface area contributed by atoms with Crippen molar-refractivity contribution in [2.45, 2.75) is 20.0 Å². The van der Waals surface area contributed by atoms with Crippen LogP contribution in [0.4, 0.5) is 0 Å². The highest BCUT2D eigenvalue weighted by Gasteiger charge is 2.11. The molecule has 0 saturated heterocycles. The van der Waals surface area contributed by atoms with E-state index in [1.165, 1.54) is 5.56 Å². The first-order chi connectivity index (χ1) is 11.3. The van der Waals surface area contributed by atoms with Crippen LogP contribution in [0.2, 0.25) is 0 Å². The van der Waals surface area contributed by atoms with Crippen LogP contribution >= 0.6 is 0 Å². The second-order valence-electron chi connectivity index (χ2n) is 5.26. The van der Waals surface area contributed by atoms with Crippen LogP contribution in [-0.4, -0.2) is 20.1 Å². The Morgan fingerprint density at radius 2 is 1.74 bits per heavy atom. The lowest BCUT2D eigenvalue weighted by Crippen LogP contribution is -2.00. The van der Waals surface area contributed by atoms with Gasteiger partial charge in [-0.3, -0.25) is 0 Å². The van der Waals surface area contributed by atoms with E-state index < -0.39 is 0 Å². The van der Waals surface area contributed by atoms with Gasteiger partial charge in [0.2, 0.25) is 0 Å². The number of aliphatic hydroxyl groups is 1. The normalized spacial score (nSPS) is 11.2. The molecule has 1 N–H and O–H groups in total. The van der Waals surface area contributed by atoms with Gasteiger partial charge in [-0.15, -0.1) is 5.10 Å². The Balaban J connectivity index is 1.98. The molecule has 23 heavy (non-hydrogen) atoms. The highest BCUT2D eigenvalue weighted by molar-refractivity contribution is 5.69. The van der Waals surface area contributed by atoms with Crippen molar-refractivity contribution in [1.82, 2.24) is 15.0 Å². The van der Waals surface area contributed by atoms with Gasteiger partial charge < -0.3 is 5.11 Å². The maximum Gasteiger partial charge on any atom is 0.116 e. The van der Waals surface area contributed by atoms with Crippen molar-refractivity contribution < 1.29 is 5.11 Å². The summed E-state index contributed by atoms with van der Waals surface area (Å²) in [5.74, 6) is 0. The van der Waals surface area contributed by atoms with Crippen LogP contribution in [0, 0.1) is 0 Å². The molecule has 0 aliphatic heterocycles. The molecule has 2 aromatic carbocycles. The van der Waals surface area contributed by atoms with E-state index in [1.807, 2.05) is 54.6 Å². The molecule has 0 saturated carbocycles. The van der Waals surface area contributed by atoms with Crippen LogP contribution in [0.15, 0.2) is 54.6 Å². The Bertz CT molecular complexity index is 789. The topological polar surface area (TPSA) is 50.9 Å². The number of hydrogen-bond donors (Lipinski definition) is 1. The Morgan fingerprint density at radius 3 is 2.39 bits per heavy atom. The molecule has 3 rings (SSSR count). The Kier molecular flexibility index (Phi) is 4.64. The van der Waals surface area contributed by atoms with E-state index in [9.17, 15) is 5.11 Å². The molecular formula is C19H19N3O. The molecule has 0 amide bonds. The maximum atomic E-state index is 9.51. The highest BCUT2D eigenvalue weighted by Crippen LogP contribution is 2.17. The summed E-state index contributed by atoms with van der Waals surface area (Å²) in [5.41, 5.74) is 4.66. The van der Waals surface area contributed by atoms with Gasteiger partial charge in [0.15, 0.2) is 0 Å². The molecule has 0 fully saturated rings. The zero-order chi connectivity index (χ0) is 16.1. The molecule has 0 spiro atoms. The van der Waals surface area contributed by atoms with Crippen molar-refractivity contribution in [3.05, 3.63) is 77.1 Å². The maximum absolute atomic E-state index is 9.51. The van der Waals surface area contributed by atoms with Crippen molar-refractivity contribution in [2.75, 3.05) is 0 Å². The van der Waals surface area contributed by atoms with Gasteiger partial charge in [-0.05, 0) is 35.8 Å². The molecule has 0 bridgehead atoms. The van der Waals surface area contributed by atoms with Crippen LogP contribution in [0.5, 0.6) is 0 Å².